The molecule has 112 valence electrons. The number of carboxylic acids is 1. The molecule has 0 aliphatic rings. The van der Waals surface area contributed by atoms with Gasteiger partial charge in [0.1, 0.15) is 12.4 Å². The molecule has 0 saturated heterocycles. The normalized spacial score (nSPS) is 10.7. The van der Waals surface area contributed by atoms with Crippen LogP contribution in [0.3, 0.4) is 0 Å². The van der Waals surface area contributed by atoms with Crippen LogP contribution in [0.4, 0.5) is 0 Å². The van der Waals surface area contributed by atoms with Gasteiger partial charge in [-0.2, -0.15) is 5.10 Å². The first-order valence-electron chi connectivity index (χ1n) is 6.31. The van der Waals surface area contributed by atoms with Crippen molar-refractivity contribution in [2.45, 2.75) is 27.0 Å². The predicted molar refractivity (Wildman–Crippen MR) is 85.8 cm³/mol. The zero-order valence-electron chi connectivity index (χ0n) is 11.6. The van der Waals surface area contributed by atoms with Crippen LogP contribution in [0.25, 0.3) is 0 Å². The molecular weight excluding hydrogens is 404 g/mol. The summed E-state index contributed by atoms with van der Waals surface area (Å²) in [4.78, 5) is 10.9. The molecule has 0 saturated carbocycles. The first-order valence-corrected chi connectivity index (χ1v) is 7.90. The van der Waals surface area contributed by atoms with Crippen LogP contribution in [0.15, 0.2) is 27.1 Å². The van der Waals surface area contributed by atoms with E-state index in [0.717, 1.165) is 22.4 Å². The van der Waals surface area contributed by atoms with Crippen molar-refractivity contribution in [3.05, 3.63) is 44.1 Å². The Kier molecular flexibility index (Phi) is 5.05. The monoisotopic (exact) mass is 416 g/mol. The Labute approximate surface area is 139 Å². The van der Waals surface area contributed by atoms with Gasteiger partial charge in [-0.1, -0.05) is 0 Å². The number of aromatic carboxylic acids is 1. The van der Waals surface area contributed by atoms with Crippen molar-refractivity contribution >= 4 is 37.8 Å². The van der Waals surface area contributed by atoms with Gasteiger partial charge in [0, 0.05) is 6.54 Å². The van der Waals surface area contributed by atoms with Crippen molar-refractivity contribution < 1.29 is 14.6 Å². The minimum absolute atomic E-state index is 0.213. The summed E-state index contributed by atoms with van der Waals surface area (Å²) in [5.74, 6) is -0.377. The van der Waals surface area contributed by atoms with E-state index in [1.807, 2.05) is 18.5 Å². The van der Waals surface area contributed by atoms with Crippen LogP contribution in [-0.2, 0) is 13.2 Å². The zero-order chi connectivity index (χ0) is 15.6. The molecule has 0 aliphatic carbocycles. The smallest absolute Gasteiger partial charge is 0.335 e. The first-order chi connectivity index (χ1) is 9.93. The van der Waals surface area contributed by atoms with Crippen molar-refractivity contribution in [2.24, 2.45) is 0 Å². The Morgan fingerprint density at radius 3 is 2.71 bits per heavy atom. The van der Waals surface area contributed by atoms with Crippen LogP contribution in [-0.4, -0.2) is 20.9 Å². The molecule has 1 aromatic carbocycles. The number of carbonyl (C=O) groups is 1. The van der Waals surface area contributed by atoms with E-state index in [2.05, 4.69) is 37.0 Å². The molecule has 0 fully saturated rings. The number of benzene rings is 1. The molecule has 0 amide bonds. The van der Waals surface area contributed by atoms with E-state index < -0.39 is 5.97 Å². The lowest BCUT2D eigenvalue weighted by Crippen LogP contribution is -2.07. The van der Waals surface area contributed by atoms with E-state index in [-0.39, 0.29) is 5.56 Å². The maximum absolute atomic E-state index is 10.9. The fourth-order valence-electron chi connectivity index (χ4n) is 1.90. The number of carboxylic acid groups (broad SMARTS) is 1. The van der Waals surface area contributed by atoms with Crippen LogP contribution in [0.2, 0.25) is 0 Å². The maximum Gasteiger partial charge on any atom is 0.335 e. The van der Waals surface area contributed by atoms with Gasteiger partial charge >= 0.3 is 5.97 Å². The molecule has 21 heavy (non-hydrogen) atoms. The van der Waals surface area contributed by atoms with Gasteiger partial charge in [-0.05, 0) is 63.9 Å². The molecule has 1 heterocycles. The summed E-state index contributed by atoms with van der Waals surface area (Å²) in [6.07, 6.45) is 0. The molecule has 0 unspecified atom stereocenters. The summed E-state index contributed by atoms with van der Waals surface area (Å²) in [5.41, 5.74) is 2.07. The van der Waals surface area contributed by atoms with E-state index in [9.17, 15) is 4.79 Å². The van der Waals surface area contributed by atoms with Gasteiger partial charge in [0.2, 0.25) is 0 Å². The molecule has 2 rings (SSSR count). The lowest BCUT2D eigenvalue weighted by molar-refractivity contribution is 0.0696. The molecule has 7 heteroatoms. The van der Waals surface area contributed by atoms with Crippen LogP contribution in [0.5, 0.6) is 5.75 Å². The number of halogens is 2. The van der Waals surface area contributed by atoms with Gasteiger partial charge in [-0.15, -0.1) is 0 Å². The second-order valence-corrected chi connectivity index (χ2v) is 6.05. The number of ether oxygens (including phenoxy) is 1. The molecule has 0 bridgehead atoms. The number of aromatic nitrogens is 2. The Morgan fingerprint density at radius 1 is 1.43 bits per heavy atom. The second kappa shape index (κ2) is 6.62. The van der Waals surface area contributed by atoms with Crippen LogP contribution >= 0.6 is 31.9 Å². The van der Waals surface area contributed by atoms with Gasteiger partial charge in [0.05, 0.1) is 25.9 Å². The fourth-order valence-corrected chi connectivity index (χ4v) is 2.80. The number of hydrogen-bond acceptors (Lipinski definition) is 3. The topological polar surface area (TPSA) is 64.4 Å². The number of rotatable bonds is 5. The summed E-state index contributed by atoms with van der Waals surface area (Å²) in [6.45, 7) is 5.04. The molecule has 1 aromatic heterocycles. The third kappa shape index (κ3) is 3.47. The van der Waals surface area contributed by atoms with Crippen molar-refractivity contribution in [3.8, 4) is 5.75 Å². The summed E-state index contributed by atoms with van der Waals surface area (Å²) >= 11 is 6.84. The van der Waals surface area contributed by atoms with Crippen LogP contribution in [0, 0.1) is 6.92 Å². The van der Waals surface area contributed by atoms with Crippen molar-refractivity contribution in [1.82, 2.24) is 9.78 Å². The Hall–Kier alpha value is -1.34. The standard InChI is InChI=1S/C14H14Br2N2O3/c1-3-18-11(13(16)8(2)17-18)7-21-12-5-4-9(14(19)20)6-10(12)15/h4-6H,3,7H2,1-2H3,(H,19,20). The fraction of sp³-hybridized carbons (Fsp3) is 0.286. The minimum atomic E-state index is -0.968. The van der Waals surface area contributed by atoms with Crippen molar-refractivity contribution in [1.29, 1.82) is 0 Å². The lowest BCUT2D eigenvalue weighted by atomic mass is 10.2. The SMILES string of the molecule is CCn1nc(C)c(Br)c1COc1ccc(C(=O)O)cc1Br. The number of hydrogen-bond donors (Lipinski definition) is 1. The highest BCUT2D eigenvalue weighted by atomic mass is 79.9. The van der Waals surface area contributed by atoms with Gasteiger partial charge in [-0.3, -0.25) is 4.68 Å². The highest BCUT2D eigenvalue weighted by Crippen LogP contribution is 2.28. The van der Waals surface area contributed by atoms with E-state index in [1.165, 1.54) is 12.1 Å². The maximum atomic E-state index is 10.9. The van der Waals surface area contributed by atoms with Crippen molar-refractivity contribution in [2.75, 3.05) is 0 Å². The van der Waals surface area contributed by atoms with E-state index in [0.29, 0.717) is 16.8 Å². The van der Waals surface area contributed by atoms with Crippen molar-refractivity contribution in [3.63, 3.8) is 0 Å². The average molecular weight is 418 g/mol. The molecule has 5 nitrogen and oxygen atoms in total. The minimum Gasteiger partial charge on any atom is -0.486 e. The molecule has 1 N–H and O–H groups in total. The summed E-state index contributed by atoms with van der Waals surface area (Å²) in [5, 5.41) is 13.3. The summed E-state index contributed by atoms with van der Waals surface area (Å²) < 4.78 is 9.18. The quantitative estimate of drug-likeness (QED) is 0.797. The van der Waals surface area contributed by atoms with Gasteiger partial charge in [0.25, 0.3) is 0 Å². The summed E-state index contributed by atoms with van der Waals surface area (Å²) in [7, 11) is 0. The molecule has 0 radical (unpaired) electrons. The first kappa shape index (κ1) is 16.0. The highest BCUT2D eigenvalue weighted by Gasteiger charge is 2.14. The molecular formula is C14H14Br2N2O3. The van der Waals surface area contributed by atoms with Gasteiger partial charge in [0.15, 0.2) is 0 Å². The molecule has 0 atom stereocenters. The average Bonchev–Trinajstić information content (AvgIpc) is 2.72. The number of aryl methyl sites for hydroxylation is 2. The third-order valence-electron chi connectivity index (χ3n) is 3.00. The van der Waals surface area contributed by atoms with E-state index >= 15 is 0 Å². The Morgan fingerprint density at radius 2 is 2.14 bits per heavy atom. The Balaban J connectivity index is 2.19. The van der Waals surface area contributed by atoms with Gasteiger partial charge < -0.3 is 9.84 Å². The molecule has 0 aliphatic heterocycles. The summed E-state index contributed by atoms with van der Waals surface area (Å²) in [6, 6.07) is 4.68. The van der Waals surface area contributed by atoms with Crippen LogP contribution in [0.1, 0.15) is 28.7 Å². The predicted octanol–water partition coefficient (Wildman–Crippen LogP) is 4.01. The number of nitrogens with zero attached hydrogens (tertiary/aromatic N) is 2. The molecule has 2 aromatic rings. The largest absolute Gasteiger partial charge is 0.486 e. The van der Waals surface area contributed by atoms with Gasteiger partial charge in [-0.25, -0.2) is 4.79 Å². The van der Waals surface area contributed by atoms with E-state index in [1.54, 1.807) is 6.07 Å². The highest BCUT2D eigenvalue weighted by molar-refractivity contribution is 9.10. The zero-order valence-corrected chi connectivity index (χ0v) is 14.7. The lowest BCUT2D eigenvalue weighted by Gasteiger charge is -2.10. The Bertz CT molecular complexity index is 683. The third-order valence-corrected chi connectivity index (χ3v) is 4.65. The second-order valence-electron chi connectivity index (χ2n) is 4.40. The molecule has 0 spiro atoms. The van der Waals surface area contributed by atoms with E-state index in [4.69, 9.17) is 9.84 Å². The van der Waals surface area contributed by atoms with Crippen LogP contribution < -0.4 is 4.74 Å².